The molecular formula is C15H15ClF6N2O3. The van der Waals surface area contributed by atoms with E-state index in [2.05, 4.69) is 0 Å². The van der Waals surface area contributed by atoms with Gasteiger partial charge in [0.1, 0.15) is 5.60 Å². The number of alkyl halides is 5. The summed E-state index contributed by atoms with van der Waals surface area (Å²) in [7, 11) is 0. The van der Waals surface area contributed by atoms with Crippen molar-refractivity contribution in [2.75, 3.05) is 11.9 Å². The molecule has 0 heterocycles. The molecule has 1 rings (SSSR count). The lowest BCUT2D eigenvalue weighted by Crippen LogP contribution is -2.47. The van der Waals surface area contributed by atoms with E-state index in [0.29, 0.717) is 0 Å². The third-order valence-electron chi connectivity index (χ3n) is 2.84. The molecule has 0 aliphatic carbocycles. The zero-order chi connectivity index (χ0) is 21.2. The molecule has 0 atom stereocenters. The number of carbonyl (C=O) groups excluding carboxylic acids is 2. The molecule has 0 radical (unpaired) electrons. The number of carbonyl (C=O) groups is 2. The molecular weight excluding hydrogens is 406 g/mol. The van der Waals surface area contributed by atoms with E-state index in [1.54, 1.807) is 0 Å². The number of hydrogen-bond donors (Lipinski definition) is 2. The first kappa shape index (κ1) is 22.9. The maximum atomic E-state index is 14.4. The Morgan fingerprint density at radius 1 is 1.11 bits per heavy atom. The topological polar surface area (TPSA) is 67.4 Å². The molecule has 12 heteroatoms. The molecule has 0 saturated carbocycles. The quantitative estimate of drug-likeness (QED) is 0.690. The second-order valence-electron chi connectivity index (χ2n) is 6.30. The van der Waals surface area contributed by atoms with Gasteiger partial charge in [-0.3, -0.25) is 10.1 Å². The number of ether oxygens (including phenoxy) is 1. The highest BCUT2D eigenvalue weighted by molar-refractivity contribution is 6.34. The van der Waals surface area contributed by atoms with Gasteiger partial charge in [-0.2, -0.15) is 22.0 Å². The molecule has 0 aromatic heterocycles. The van der Waals surface area contributed by atoms with Crippen LogP contribution in [0.15, 0.2) is 12.1 Å². The van der Waals surface area contributed by atoms with Crippen LogP contribution in [0.3, 0.4) is 0 Å². The zero-order valence-electron chi connectivity index (χ0n) is 14.2. The van der Waals surface area contributed by atoms with Gasteiger partial charge in [0.25, 0.3) is 5.91 Å². The fourth-order valence-corrected chi connectivity index (χ4v) is 1.88. The number of halogens is 7. The van der Waals surface area contributed by atoms with E-state index in [1.807, 2.05) is 5.32 Å². The predicted molar refractivity (Wildman–Crippen MR) is 84.6 cm³/mol. The molecule has 2 amide bonds. The number of hydrogen-bond acceptors (Lipinski definition) is 3. The van der Waals surface area contributed by atoms with E-state index >= 15 is 0 Å². The standard InChI is InChI=1S/C15H15ClF6N2O3/c1-13(2,3)27-12(26)24-8-5-4-7(16)9(10(8)17)11(25)23-6-14(18,19)15(20,21)22/h4-5H,6H2,1-3H3,(H,23,25)(H,24,26). The van der Waals surface area contributed by atoms with Crippen molar-refractivity contribution in [1.82, 2.24) is 5.32 Å². The summed E-state index contributed by atoms with van der Waals surface area (Å²) in [6.07, 6.45) is -6.98. The average molecular weight is 421 g/mol. The molecule has 1 aromatic carbocycles. The van der Waals surface area contributed by atoms with Gasteiger partial charge in [-0.15, -0.1) is 0 Å². The number of rotatable bonds is 4. The second-order valence-corrected chi connectivity index (χ2v) is 6.70. The average Bonchev–Trinajstić information content (AvgIpc) is 2.45. The highest BCUT2D eigenvalue weighted by atomic mass is 35.5. The van der Waals surface area contributed by atoms with Crippen molar-refractivity contribution < 1.29 is 40.7 Å². The first-order chi connectivity index (χ1) is 12.0. The molecule has 0 fully saturated rings. The maximum absolute atomic E-state index is 14.4. The summed E-state index contributed by atoms with van der Waals surface area (Å²) in [5.74, 6) is -8.27. The van der Waals surface area contributed by atoms with E-state index in [9.17, 15) is 35.9 Å². The smallest absolute Gasteiger partial charge is 0.444 e. The minimum Gasteiger partial charge on any atom is -0.444 e. The molecule has 0 bridgehead atoms. The summed E-state index contributed by atoms with van der Waals surface area (Å²) in [6, 6.07) is 1.91. The SMILES string of the molecule is CC(C)(C)OC(=O)Nc1ccc(Cl)c(C(=O)NCC(F)(F)C(F)(F)F)c1F. The molecule has 5 nitrogen and oxygen atoms in total. The molecule has 0 unspecified atom stereocenters. The van der Waals surface area contributed by atoms with Gasteiger partial charge in [-0.25, -0.2) is 9.18 Å². The summed E-state index contributed by atoms with van der Waals surface area (Å²) in [4.78, 5) is 23.5. The minimum absolute atomic E-state index is 0.560. The van der Waals surface area contributed by atoms with Gasteiger partial charge in [-0.1, -0.05) is 11.6 Å². The number of benzene rings is 1. The van der Waals surface area contributed by atoms with Crippen molar-refractivity contribution in [3.63, 3.8) is 0 Å². The predicted octanol–water partition coefficient (Wildman–Crippen LogP) is 4.75. The highest BCUT2D eigenvalue weighted by Gasteiger charge is 2.57. The van der Waals surface area contributed by atoms with Crippen LogP contribution in [0.1, 0.15) is 31.1 Å². The van der Waals surface area contributed by atoms with E-state index in [4.69, 9.17) is 16.3 Å². The largest absolute Gasteiger partial charge is 0.455 e. The monoisotopic (exact) mass is 420 g/mol. The third kappa shape index (κ3) is 6.19. The Labute approximate surface area is 155 Å². The summed E-state index contributed by atoms with van der Waals surface area (Å²) < 4.78 is 81.4. The first-order valence-corrected chi connectivity index (χ1v) is 7.64. The Kier molecular flexibility index (Phi) is 6.63. The van der Waals surface area contributed by atoms with Crippen LogP contribution in [-0.2, 0) is 4.74 Å². The molecule has 0 aliphatic rings. The van der Waals surface area contributed by atoms with Gasteiger partial charge < -0.3 is 10.1 Å². The number of nitrogens with one attached hydrogen (secondary N) is 2. The summed E-state index contributed by atoms with van der Waals surface area (Å²) in [6.45, 7) is 2.48. The van der Waals surface area contributed by atoms with Gasteiger partial charge in [0, 0.05) is 0 Å². The van der Waals surface area contributed by atoms with E-state index in [0.717, 1.165) is 12.1 Å². The molecule has 27 heavy (non-hydrogen) atoms. The number of amides is 2. The van der Waals surface area contributed by atoms with Crippen molar-refractivity contribution in [3.05, 3.63) is 28.5 Å². The van der Waals surface area contributed by atoms with Crippen molar-refractivity contribution in [2.45, 2.75) is 38.5 Å². The van der Waals surface area contributed by atoms with Crippen molar-refractivity contribution in [3.8, 4) is 0 Å². The van der Waals surface area contributed by atoms with Crippen LogP contribution in [0.4, 0.5) is 36.8 Å². The lowest BCUT2D eigenvalue weighted by molar-refractivity contribution is -0.278. The fraction of sp³-hybridized carbons (Fsp3) is 0.467. The lowest BCUT2D eigenvalue weighted by Gasteiger charge is -2.21. The van der Waals surface area contributed by atoms with Crippen LogP contribution in [0.25, 0.3) is 0 Å². The van der Waals surface area contributed by atoms with Crippen LogP contribution in [-0.4, -0.2) is 36.2 Å². The Balaban J connectivity index is 3.02. The van der Waals surface area contributed by atoms with Gasteiger partial charge in [0.2, 0.25) is 0 Å². The Bertz CT molecular complexity index is 731. The van der Waals surface area contributed by atoms with Gasteiger partial charge in [0.15, 0.2) is 5.82 Å². The summed E-state index contributed by atoms with van der Waals surface area (Å²) >= 11 is 5.62. The van der Waals surface area contributed by atoms with Crippen molar-refractivity contribution >= 4 is 29.3 Å². The molecule has 152 valence electrons. The summed E-state index contributed by atoms with van der Waals surface area (Å²) in [5.41, 5.74) is -2.51. The van der Waals surface area contributed by atoms with Gasteiger partial charge in [-0.05, 0) is 32.9 Å². The maximum Gasteiger partial charge on any atom is 0.455 e. The van der Waals surface area contributed by atoms with Gasteiger partial charge >= 0.3 is 18.2 Å². The molecule has 2 N–H and O–H groups in total. The first-order valence-electron chi connectivity index (χ1n) is 7.26. The zero-order valence-corrected chi connectivity index (χ0v) is 15.0. The summed E-state index contributed by atoms with van der Waals surface area (Å²) in [5, 5.41) is 2.69. The molecule has 1 aromatic rings. The van der Waals surface area contributed by atoms with E-state index < -0.39 is 58.3 Å². The fourth-order valence-electron chi connectivity index (χ4n) is 1.65. The van der Waals surface area contributed by atoms with Crippen LogP contribution in [0.5, 0.6) is 0 Å². The normalized spacial score (nSPS) is 12.5. The Hall–Kier alpha value is -2.17. The van der Waals surface area contributed by atoms with Crippen LogP contribution >= 0.6 is 11.6 Å². The number of anilines is 1. The van der Waals surface area contributed by atoms with Crippen LogP contribution in [0, 0.1) is 5.82 Å². The highest BCUT2D eigenvalue weighted by Crippen LogP contribution is 2.35. The second kappa shape index (κ2) is 7.83. The van der Waals surface area contributed by atoms with Crippen LogP contribution < -0.4 is 10.6 Å². The Morgan fingerprint density at radius 3 is 2.15 bits per heavy atom. The third-order valence-corrected chi connectivity index (χ3v) is 3.15. The van der Waals surface area contributed by atoms with Crippen molar-refractivity contribution in [2.24, 2.45) is 0 Å². The van der Waals surface area contributed by atoms with Gasteiger partial charge in [0.05, 0.1) is 22.8 Å². The Morgan fingerprint density at radius 2 is 1.67 bits per heavy atom. The minimum atomic E-state index is -5.90. The van der Waals surface area contributed by atoms with Crippen LogP contribution in [0.2, 0.25) is 5.02 Å². The lowest BCUT2D eigenvalue weighted by atomic mass is 10.1. The molecule has 0 saturated heterocycles. The molecule has 0 aliphatic heterocycles. The van der Waals surface area contributed by atoms with E-state index in [1.165, 1.54) is 26.1 Å². The molecule has 0 spiro atoms. The van der Waals surface area contributed by atoms with Crippen molar-refractivity contribution in [1.29, 1.82) is 0 Å². The van der Waals surface area contributed by atoms with E-state index in [-0.39, 0.29) is 0 Å².